The Morgan fingerprint density at radius 1 is 1.30 bits per heavy atom. The van der Waals surface area contributed by atoms with Crippen LogP contribution in [0.2, 0.25) is 0 Å². The van der Waals surface area contributed by atoms with Gasteiger partial charge in [-0.15, -0.1) is 0 Å². The standard InChI is InChI=1S/C22H27NO4/c1-3-4-5-12-27-22(26)19-14(2)23-17-10-7-11-18(25)21(17)20(19)15-8-6-9-16(24)13-15/h6,8-9,13,20,23-24H,3-5,7,10-12H2,1-2H3. The number of phenols is 1. The van der Waals surface area contributed by atoms with Gasteiger partial charge < -0.3 is 15.2 Å². The predicted octanol–water partition coefficient (Wildman–Crippen LogP) is 4.09. The van der Waals surface area contributed by atoms with Crippen molar-refractivity contribution in [1.82, 2.24) is 5.32 Å². The molecule has 1 aliphatic carbocycles. The average Bonchev–Trinajstić information content (AvgIpc) is 2.64. The predicted molar refractivity (Wildman–Crippen MR) is 103 cm³/mol. The largest absolute Gasteiger partial charge is 0.508 e. The van der Waals surface area contributed by atoms with Crippen molar-refractivity contribution in [2.75, 3.05) is 6.61 Å². The fourth-order valence-electron chi connectivity index (χ4n) is 3.89. The number of unbranched alkanes of at least 4 members (excludes halogenated alkanes) is 2. The topological polar surface area (TPSA) is 75.6 Å². The van der Waals surface area contributed by atoms with Gasteiger partial charge in [0.2, 0.25) is 0 Å². The van der Waals surface area contributed by atoms with Crippen molar-refractivity contribution in [3.05, 3.63) is 52.4 Å². The molecular weight excluding hydrogens is 342 g/mol. The number of nitrogens with one attached hydrogen (secondary N) is 1. The maximum Gasteiger partial charge on any atom is 0.336 e. The van der Waals surface area contributed by atoms with Crippen molar-refractivity contribution in [3.63, 3.8) is 0 Å². The number of Topliss-reactive ketones (excluding diaryl/α,β-unsaturated/α-hetero) is 1. The molecule has 1 aromatic carbocycles. The lowest BCUT2D eigenvalue weighted by atomic mass is 9.75. The molecule has 144 valence electrons. The number of esters is 1. The zero-order valence-corrected chi connectivity index (χ0v) is 16.0. The van der Waals surface area contributed by atoms with Crippen LogP contribution in [0.25, 0.3) is 0 Å². The van der Waals surface area contributed by atoms with Crippen LogP contribution in [0.1, 0.15) is 63.9 Å². The third-order valence-electron chi connectivity index (χ3n) is 5.18. The number of carbonyl (C=O) groups excluding carboxylic acids is 2. The molecule has 0 bridgehead atoms. The first-order valence-corrected chi connectivity index (χ1v) is 9.73. The van der Waals surface area contributed by atoms with Crippen LogP contribution in [0.5, 0.6) is 5.75 Å². The Labute approximate surface area is 160 Å². The second-order valence-corrected chi connectivity index (χ2v) is 7.20. The highest BCUT2D eigenvalue weighted by molar-refractivity contribution is 6.03. The average molecular weight is 369 g/mol. The van der Waals surface area contributed by atoms with Crippen LogP contribution in [0.4, 0.5) is 0 Å². The van der Waals surface area contributed by atoms with Gasteiger partial charge in [-0.2, -0.15) is 0 Å². The normalized spacial score (nSPS) is 19.6. The van der Waals surface area contributed by atoms with Crippen LogP contribution in [-0.4, -0.2) is 23.5 Å². The molecule has 0 saturated carbocycles. The first kappa shape index (κ1) is 19.2. The summed E-state index contributed by atoms with van der Waals surface area (Å²) in [5.74, 6) is -0.722. The SMILES string of the molecule is CCCCCOC(=O)C1=C(C)NC2=C(C(=O)CCC2)C1c1cccc(O)c1. The van der Waals surface area contributed by atoms with Gasteiger partial charge in [0.15, 0.2) is 5.78 Å². The Morgan fingerprint density at radius 3 is 2.85 bits per heavy atom. The first-order valence-electron chi connectivity index (χ1n) is 9.73. The summed E-state index contributed by atoms with van der Waals surface area (Å²) in [6.07, 6.45) is 4.96. The number of ether oxygens (including phenoxy) is 1. The Kier molecular flexibility index (Phi) is 5.99. The minimum atomic E-state index is -0.500. The molecule has 1 heterocycles. The highest BCUT2D eigenvalue weighted by atomic mass is 16.5. The molecule has 27 heavy (non-hydrogen) atoms. The molecule has 1 aromatic rings. The molecule has 0 fully saturated rings. The maximum absolute atomic E-state index is 12.9. The fraction of sp³-hybridized carbons (Fsp3) is 0.455. The number of benzene rings is 1. The monoisotopic (exact) mass is 369 g/mol. The van der Waals surface area contributed by atoms with E-state index in [1.807, 2.05) is 13.0 Å². The molecule has 1 unspecified atom stereocenters. The molecule has 0 radical (unpaired) electrons. The molecule has 3 rings (SSSR count). The Bertz CT molecular complexity index is 806. The number of ketones is 1. The Balaban J connectivity index is 1.99. The van der Waals surface area contributed by atoms with Gasteiger partial charge in [-0.1, -0.05) is 31.9 Å². The molecule has 0 amide bonds. The maximum atomic E-state index is 12.9. The van der Waals surface area contributed by atoms with Crippen LogP contribution < -0.4 is 5.32 Å². The number of rotatable bonds is 6. The number of dihydropyridines is 1. The van der Waals surface area contributed by atoms with Crippen LogP contribution in [0.3, 0.4) is 0 Å². The number of phenolic OH excluding ortho intramolecular Hbond substituents is 1. The van der Waals surface area contributed by atoms with E-state index in [-0.39, 0.29) is 11.5 Å². The van der Waals surface area contributed by atoms with Crippen molar-refractivity contribution in [3.8, 4) is 5.75 Å². The van der Waals surface area contributed by atoms with Crippen molar-refractivity contribution in [2.45, 2.75) is 58.3 Å². The molecule has 0 spiro atoms. The molecule has 1 atom stereocenters. The minimum absolute atomic E-state index is 0.0564. The van der Waals surface area contributed by atoms with Gasteiger partial charge in [0.1, 0.15) is 5.75 Å². The van der Waals surface area contributed by atoms with Gasteiger partial charge >= 0.3 is 5.97 Å². The van der Waals surface area contributed by atoms with Crippen molar-refractivity contribution in [1.29, 1.82) is 0 Å². The highest BCUT2D eigenvalue weighted by Gasteiger charge is 2.39. The lowest BCUT2D eigenvalue weighted by Gasteiger charge is -2.34. The van der Waals surface area contributed by atoms with E-state index in [0.29, 0.717) is 24.2 Å². The van der Waals surface area contributed by atoms with E-state index in [2.05, 4.69) is 12.2 Å². The Hall–Kier alpha value is -2.56. The lowest BCUT2D eigenvalue weighted by Crippen LogP contribution is -2.34. The lowest BCUT2D eigenvalue weighted by molar-refractivity contribution is -0.139. The quantitative estimate of drug-likeness (QED) is 0.583. The van der Waals surface area contributed by atoms with E-state index in [4.69, 9.17) is 4.74 Å². The summed E-state index contributed by atoms with van der Waals surface area (Å²) in [6.45, 7) is 4.32. The summed E-state index contributed by atoms with van der Waals surface area (Å²) in [7, 11) is 0. The third kappa shape index (κ3) is 4.07. The number of hydrogen-bond acceptors (Lipinski definition) is 5. The summed E-state index contributed by atoms with van der Waals surface area (Å²) in [5.41, 5.74) is 3.44. The van der Waals surface area contributed by atoms with E-state index in [1.165, 1.54) is 0 Å². The fourth-order valence-corrected chi connectivity index (χ4v) is 3.89. The van der Waals surface area contributed by atoms with E-state index in [9.17, 15) is 14.7 Å². The van der Waals surface area contributed by atoms with E-state index in [0.717, 1.165) is 49.1 Å². The Morgan fingerprint density at radius 2 is 2.11 bits per heavy atom. The van der Waals surface area contributed by atoms with Crippen molar-refractivity contribution < 1.29 is 19.4 Å². The van der Waals surface area contributed by atoms with Crippen LogP contribution in [0.15, 0.2) is 46.8 Å². The van der Waals surface area contributed by atoms with Crippen LogP contribution >= 0.6 is 0 Å². The second kappa shape index (κ2) is 8.42. The summed E-state index contributed by atoms with van der Waals surface area (Å²) < 4.78 is 5.52. The van der Waals surface area contributed by atoms with Crippen molar-refractivity contribution >= 4 is 11.8 Å². The van der Waals surface area contributed by atoms with Gasteiger partial charge in [0.05, 0.1) is 12.2 Å². The molecule has 1 aliphatic heterocycles. The molecular formula is C22H27NO4. The molecule has 2 aliphatic rings. The molecule has 5 heteroatoms. The van der Waals surface area contributed by atoms with Crippen LogP contribution in [0, 0.1) is 0 Å². The summed E-state index contributed by atoms with van der Waals surface area (Å²) >= 11 is 0. The molecule has 0 aromatic heterocycles. The van der Waals surface area contributed by atoms with E-state index >= 15 is 0 Å². The number of aromatic hydroxyl groups is 1. The molecule has 2 N–H and O–H groups in total. The summed E-state index contributed by atoms with van der Waals surface area (Å²) in [5, 5.41) is 13.2. The zero-order valence-electron chi connectivity index (χ0n) is 16.0. The number of allylic oxidation sites excluding steroid dienone is 3. The highest BCUT2D eigenvalue weighted by Crippen LogP contribution is 2.43. The van der Waals surface area contributed by atoms with Gasteiger partial charge in [0.25, 0.3) is 0 Å². The van der Waals surface area contributed by atoms with Crippen LogP contribution in [-0.2, 0) is 14.3 Å². The molecule has 5 nitrogen and oxygen atoms in total. The van der Waals surface area contributed by atoms with Gasteiger partial charge in [-0.3, -0.25) is 4.79 Å². The van der Waals surface area contributed by atoms with Gasteiger partial charge in [0, 0.05) is 29.3 Å². The smallest absolute Gasteiger partial charge is 0.336 e. The van der Waals surface area contributed by atoms with Gasteiger partial charge in [-0.05, 0) is 43.9 Å². The van der Waals surface area contributed by atoms with E-state index in [1.54, 1.807) is 18.2 Å². The number of hydrogen-bond donors (Lipinski definition) is 2. The first-order chi connectivity index (χ1) is 13.0. The second-order valence-electron chi connectivity index (χ2n) is 7.20. The van der Waals surface area contributed by atoms with Gasteiger partial charge in [-0.25, -0.2) is 4.79 Å². The summed E-state index contributed by atoms with van der Waals surface area (Å²) in [4.78, 5) is 25.6. The van der Waals surface area contributed by atoms with Crippen molar-refractivity contribution in [2.24, 2.45) is 0 Å². The third-order valence-corrected chi connectivity index (χ3v) is 5.18. The summed E-state index contributed by atoms with van der Waals surface area (Å²) in [6, 6.07) is 6.79. The number of carbonyl (C=O) groups is 2. The molecule has 0 saturated heterocycles. The zero-order chi connectivity index (χ0) is 19.4. The van der Waals surface area contributed by atoms with E-state index < -0.39 is 11.9 Å². The minimum Gasteiger partial charge on any atom is -0.508 e.